The number of para-hydroxylation sites is 1. The minimum absolute atomic E-state index is 0.0291. The van der Waals surface area contributed by atoms with Crippen molar-refractivity contribution in [2.24, 2.45) is 0 Å². The molecule has 26 heteroatoms. The zero-order valence-electron chi connectivity index (χ0n) is 38.9. The Balaban J connectivity index is 0.00000107. The molecule has 0 unspecified atom stereocenters. The van der Waals surface area contributed by atoms with Crippen LogP contribution in [0.25, 0.3) is 33.4 Å². The van der Waals surface area contributed by atoms with Crippen LogP contribution < -0.4 is 9.38 Å². The quantitative estimate of drug-likeness (QED) is 0.114. The first kappa shape index (κ1) is 60.4. The topological polar surface area (TPSA) is 4.44 Å². The van der Waals surface area contributed by atoms with Crippen LogP contribution in [-0.4, -0.2) is 27.2 Å². The minimum atomic E-state index is -5.87. The van der Waals surface area contributed by atoms with Gasteiger partial charge in [-0.25, -0.2) is 0 Å². The molecule has 0 radical (unpaired) electrons. The van der Waals surface area contributed by atoms with Gasteiger partial charge in [0, 0.05) is 23.8 Å². The molecule has 0 bridgehead atoms. The number of nitrogens with one attached hydrogen (secondary N) is 1. The van der Waals surface area contributed by atoms with Crippen molar-refractivity contribution in [2.75, 3.05) is 27.2 Å². The first-order valence-electron chi connectivity index (χ1n) is 21.5. The lowest BCUT2D eigenvalue weighted by Crippen LogP contribution is -3.00. The first-order valence-corrected chi connectivity index (χ1v) is 21.5. The average molecular weight is 1120 g/mol. The highest BCUT2D eigenvalue weighted by Crippen LogP contribution is 2.54. The van der Waals surface area contributed by atoms with Crippen molar-refractivity contribution in [3.8, 4) is 33.4 Å². The fraction of sp³-hybridized carbons (Fsp3) is 0.280. The second kappa shape index (κ2) is 20.8. The standard InChI is InChI=1S/C42H24F24N.C8H11N/c1-3-67(4-2,30-17-28(41(61,62)63)16-29(18-30)42(64,65)66)32-6-5-31(19-7-22(35(43,44)45)13-23(8-19)36(46,47)48)33(20-9-24(37(49,50)51)14-25(10-20)38(52,53)54)34(32)21-11-26(39(55,56)57)15-27(12-21)40(58,59)60;1-9(2)8-6-4-3-5-7-8/h5-18H,3-4H2,1-2H3;3-7H,1-2H3/q+1;/p+1. The van der Waals surface area contributed by atoms with E-state index in [1.807, 2.05) is 6.07 Å². The molecular weight excluding hydrogens is 1080 g/mol. The SMILES string of the molecule is CC[N+](CC)(c1cc(C(F)(F)F)cc(C(F)(F)F)c1)c1ccc(-c2cc(C(F)(F)F)cc(C(F)(F)F)c2)c(-c2cc(C(F)(F)F)cc(C(F)(F)F)c2)c1-c1cc(C(F)(F)F)cc(C(F)(F)F)c1.C[NH+](C)c1ccccc1. The summed E-state index contributed by atoms with van der Waals surface area (Å²) < 4.78 is 343. The Bertz CT molecular complexity index is 2890. The van der Waals surface area contributed by atoms with E-state index in [-0.39, 0.29) is 48.5 Å². The lowest BCUT2D eigenvalue weighted by Gasteiger charge is -2.39. The summed E-state index contributed by atoms with van der Waals surface area (Å²) >= 11 is 0. The first-order chi connectivity index (χ1) is 34.4. The molecule has 0 aliphatic carbocycles. The molecule has 6 aromatic carbocycles. The zero-order valence-corrected chi connectivity index (χ0v) is 38.9. The van der Waals surface area contributed by atoms with Crippen LogP contribution in [0.15, 0.2) is 115 Å². The molecule has 0 fully saturated rings. The van der Waals surface area contributed by atoms with Crippen molar-refractivity contribution >= 4 is 17.1 Å². The van der Waals surface area contributed by atoms with Crippen LogP contribution in [0.3, 0.4) is 0 Å². The number of benzene rings is 6. The molecule has 2 nitrogen and oxygen atoms in total. The van der Waals surface area contributed by atoms with Gasteiger partial charge in [-0.1, -0.05) is 18.2 Å². The van der Waals surface area contributed by atoms with E-state index in [0.29, 0.717) is 12.1 Å². The maximum atomic E-state index is 14.5. The molecule has 0 saturated heterocycles. The smallest absolute Gasteiger partial charge is 0.307 e. The third-order valence-corrected chi connectivity index (χ3v) is 11.8. The van der Waals surface area contributed by atoms with Crippen molar-refractivity contribution in [1.82, 2.24) is 4.48 Å². The molecule has 0 aliphatic rings. The minimum Gasteiger partial charge on any atom is -0.307 e. The van der Waals surface area contributed by atoms with Crippen molar-refractivity contribution in [2.45, 2.75) is 63.3 Å². The number of halogens is 24. The molecule has 412 valence electrons. The van der Waals surface area contributed by atoms with E-state index in [1.54, 1.807) is 0 Å². The van der Waals surface area contributed by atoms with Crippen LogP contribution >= 0.6 is 0 Å². The molecular formula is C50H36F24N2+2. The highest BCUT2D eigenvalue weighted by atomic mass is 19.4. The maximum Gasteiger partial charge on any atom is 0.416 e. The van der Waals surface area contributed by atoms with Gasteiger partial charge in [0.1, 0.15) is 17.1 Å². The van der Waals surface area contributed by atoms with Gasteiger partial charge in [0.25, 0.3) is 0 Å². The molecule has 0 atom stereocenters. The Morgan fingerprint density at radius 1 is 0.329 bits per heavy atom. The maximum absolute atomic E-state index is 14.5. The molecule has 0 heterocycles. The van der Waals surface area contributed by atoms with Crippen LogP contribution in [0.2, 0.25) is 0 Å². The summed E-state index contributed by atoms with van der Waals surface area (Å²) in [5, 5.41) is 0. The lowest BCUT2D eigenvalue weighted by molar-refractivity contribution is -0.786. The third-order valence-electron chi connectivity index (χ3n) is 11.8. The van der Waals surface area contributed by atoms with E-state index in [9.17, 15) is 105 Å². The average Bonchev–Trinajstić information content (AvgIpc) is 3.29. The Kier molecular flexibility index (Phi) is 16.6. The van der Waals surface area contributed by atoms with Gasteiger partial charge >= 0.3 is 49.4 Å². The third kappa shape index (κ3) is 13.6. The van der Waals surface area contributed by atoms with Crippen LogP contribution in [0.4, 0.5) is 122 Å². The van der Waals surface area contributed by atoms with Crippen molar-refractivity contribution in [3.63, 3.8) is 0 Å². The van der Waals surface area contributed by atoms with Crippen LogP contribution in [0, 0.1) is 0 Å². The van der Waals surface area contributed by atoms with Crippen molar-refractivity contribution in [3.05, 3.63) is 160 Å². The number of nitrogens with zero attached hydrogens (tertiary/aromatic N) is 1. The lowest BCUT2D eigenvalue weighted by atomic mass is 9.82. The molecule has 0 spiro atoms. The van der Waals surface area contributed by atoms with Crippen molar-refractivity contribution < 1.29 is 110 Å². The van der Waals surface area contributed by atoms with Gasteiger partial charge in [0.05, 0.1) is 77.3 Å². The summed E-state index contributed by atoms with van der Waals surface area (Å²) in [6.45, 7) is 0.0561. The van der Waals surface area contributed by atoms with Crippen LogP contribution in [0.5, 0.6) is 0 Å². The van der Waals surface area contributed by atoms with Gasteiger partial charge in [0.2, 0.25) is 0 Å². The molecule has 76 heavy (non-hydrogen) atoms. The number of quaternary nitrogens is 2. The van der Waals surface area contributed by atoms with Gasteiger partial charge < -0.3 is 4.90 Å². The van der Waals surface area contributed by atoms with E-state index in [1.165, 1.54) is 10.6 Å². The van der Waals surface area contributed by atoms with E-state index in [2.05, 4.69) is 38.4 Å². The zero-order chi connectivity index (χ0) is 57.7. The molecule has 6 rings (SSSR count). The van der Waals surface area contributed by atoms with E-state index >= 15 is 0 Å². The van der Waals surface area contributed by atoms with Crippen molar-refractivity contribution in [1.29, 1.82) is 0 Å². The summed E-state index contributed by atoms with van der Waals surface area (Å²) in [4.78, 5) is 1.37. The molecule has 6 aromatic rings. The predicted octanol–water partition coefficient (Wildman–Crippen LogP) is 18.0. The molecule has 0 amide bonds. The number of hydrogen-bond donors (Lipinski definition) is 1. The molecule has 1 N–H and O–H groups in total. The Morgan fingerprint density at radius 3 is 0.868 bits per heavy atom. The van der Waals surface area contributed by atoms with Crippen LogP contribution in [-0.2, 0) is 49.4 Å². The highest BCUT2D eigenvalue weighted by molar-refractivity contribution is 6.01. The van der Waals surface area contributed by atoms with Gasteiger partial charge in [-0.2, -0.15) is 105 Å². The second-order valence-corrected chi connectivity index (χ2v) is 17.0. The Labute approximate surface area is 415 Å². The summed E-state index contributed by atoms with van der Waals surface area (Å²) in [6.07, 6.45) is -46.3. The highest BCUT2D eigenvalue weighted by Gasteiger charge is 2.46. The number of alkyl halides is 24. The largest absolute Gasteiger partial charge is 0.416 e. The number of hydrogen-bond acceptors (Lipinski definition) is 0. The summed E-state index contributed by atoms with van der Waals surface area (Å²) in [5.41, 5.74) is -27.9. The van der Waals surface area contributed by atoms with Gasteiger partial charge in [-0.15, -0.1) is 0 Å². The second-order valence-electron chi connectivity index (χ2n) is 17.0. The van der Waals surface area contributed by atoms with E-state index in [0.717, 1.165) is 13.8 Å². The molecule has 0 saturated carbocycles. The molecule has 0 aliphatic heterocycles. The Morgan fingerprint density at radius 2 is 0.605 bits per heavy atom. The van der Waals surface area contributed by atoms with Gasteiger partial charge in [-0.05, 0) is 115 Å². The summed E-state index contributed by atoms with van der Waals surface area (Å²) in [5.74, 6) is 0. The fourth-order valence-electron chi connectivity index (χ4n) is 8.12. The van der Waals surface area contributed by atoms with E-state index in [4.69, 9.17) is 0 Å². The summed E-state index contributed by atoms with van der Waals surface area (Å²) in [7, 11) is 4.24. The summed E-state index contributed by atoms with van der Waals surface area (Å²) in [6, 6.07) is 7.91. The Hall–Kier alpha value is -6.44. The van der Waals surface area contributed by atoms with E-state index < -0.39 is 181 Å². The van der Waals surface area contributed by atoms with Gasteiger partial charge in [0.15, 0.2) is 0 Å². The monoisotopic (exact) mass is 1120 g/mol. The number of rotatable bonds is 8. The fourth-order valence-corrected chi connectivity index (χ4v) is 8.12. The van der Waals surface area contributed by atoms with Crippen LogP contribution in [0.1, 0.15) is 58.4 Å². The molecule has 0 aromatic heterocycles. The van der Waals surface area contributed by atoms with Gasteiger partial charge in [-0.3, -0.25) is 4.48 Å². The predicted molar refractivity (Wildman–Crippen MR) is 231 cm³/mol. The normalized spacial score (nSPS) is 13.5.